The lowest BCUT2D eigenvalue weighted by Gasteiger charge is -2.14. The molecular formula is C26H23N7O2. The highest BCUT2D eigenvalue weighted by Gasteiger charge is 2.19. The maximum Gasteiger partial charge on any atom is 0.268 e. The number of nitrogens with two attached hydrogens (primary N) is 1. The van der Waals surface area contributed by atoms with E-state index in [9.17, 15) is 9.59 Å². The number of fused-ring (bicyclic) bond motifs is 1. The van der Waals surface area contributed by atoms with Crippen LogP contribution in [0.3, 0.4) is 0 Å². The fraction of sp³-hybridized carbons (Fsp3) is 0.115. The Morgan fingerprint density at radius 2 is 1.80 bits per heavy atom. The zero-order chi connectivity index (χ0) is 24.7. The van der Waals surface area contributed by atoms with E-state index in [1.165, 1.54) is 10.9 Å². The molecule has 0 radical (unpaired) electrons. The van der Waals surface area contributed by atoms with E-state index in [1.54, 1.807) is 19.2 Å². The van der Waals surface area contributed by atoms with Gasteiger partial charge < -0.3 is 15.6 Å². The summed E-state index contributed by atoms with van der Waals surface area (Å²) >= 11 is 0. The van der Waals surface area contributed by atoms with Crippen molar-refractivity contribution >= 4 is 28.6 Å². The molecular weight excluding hydrogens is 442 g/mol. The predicted octanol–water partition coefficient (Wildman–Crippen LogP) is 3.63. The Labute approximate surface area is 200 Å². The van der Waals surface area contributed by atoms with Gasteiger partial charge in [0.15, 0.2) is 0 Å². The second kappa shape index (κ2) is 8.53. The number of hydrogen-bond donors (Lipinski definition) is 2. The predicted molar refractivity (Wildman–Crippen MR) is 136 cm³/mol. The molecule has 0 aliphatic carbocycles. The molecule has 9 nitrogen and oxygen atoms in total. The van der Waals surface area contributed by atoms with Crippen LogP contribution in [0.2, 0.25) is 0 Å². The van der Waals surface area contributed by atoms with Crippen LogP contribution in [0.5, 0.6) is 0 Å². The molecule has 174 valence electrons. The molecule has 1 aromatic carbocycles. The highest BCUT2D eigenvalue weighted by atomic mass is 16.2. The number of nitrogens with zero attached hydrogens (tertiary/aromatic N) is 5. The number of rotatable bonds is 4. The van der Waals surface area contributed by atoms with Crippen LogP contribution in [-0.4, -0.2) is 30.0 Å². The molecule has 3 N–H and O–H groups in total. The molecule has 0 unspecified atom stereocenters. The molecule has 35 heavy (non-hydrogen) atoms. The zero-order valence-corrected chi connectivity index (χ0v) is 19.5. The number of aryl methyl sites for hydroxylation is 3. The summed E-state index contributed by atoms with van der Waals surface area (Å²) in [5.41, 5.74) is 10.2. The standard InChI is InChI=1S/C26H23N7O2/c1-15-11-16(2)33(18-7-5-4-6-8-18)26(35)21(15)25(34)31-20-10-9-17(12-28-20)19-13-32(3)24-22(19)23(27)29-14-30-24/h4-14H,1-3H3,(H2,27,29,30)(H,28,31,34). The van der Waals surface area contributed by atoms with Crippen LogP contribution in [0.1, 0.15) is 21.6 Å². The monoisotopic (exact) mass is 465 g/mol. The van der Waals surface area contributed by atoms with Crippen LogP contribution in [0, 0.1) is 13.8 Å². The highest BCUT2D eigenvalue weighted by Crippen LogP contribution is 2.32. The first-order valence-corrected chi connectivity index (χ1v) is 11.0. The van der Waals surface area contributed by atoms with Crippen molar-refractivity contribution in [3.05, 3.63) is 94.4 Å². The largest absolute Gasteiger partial charge is 0.383 e. The van der Waals surface area contributed by atoms with E-state index in [0.717, 1.165) is 27.9 Å². The normalized spacial score (nSPS) is 11.1. The summed E-state index contributed by atoms with van der Waals surface area (Å²) in [4.78, 5) is 39.2. The first-order valence-electron chi connectivity index (χ1n) is 11.0. The van der Waals surface area contributed by atoms with Gasteiger partial charge in [-0.1, -0.05) is 18.2 Å². The molecule has 4 heterocycles. The maximum absolute atomic E-state index is 13.3. The lowest BCUT2D eigenvalue weighted by molar-refractivity contribution is 0.102. The van der Waals surface area contributed by atoms with E-state index < -0.39 is 5.91 Å². The molecule has 1 amide bonds. The Hall–Kier alpha value is -4.79. The van der Waals surface area contributed by atoms with Crippen LogP contribution in [-0.2, 0) is 7.05 Å². The van der Waals surface area contributed by atoms with Crippen LogP contribution in [0.25, 0.3) is 27.8 Å². The molecule has 0 spiro atoms. The van der Waals surface area contributed by atoms with E-state index in [2.05, 4.69) is 20.3 Å². The van der Waals surface area contributed by atoms with Crippen LogP contribution in [0.4, 0.5) is 11.6 Å². The summed E-state index contributed by atoms with van der Waals surface area (Å²) in [7, 11) is 1.88. The van der Waals surface area contributed by atoms with Crippen LogP contribution >= 0.6 is 0 Å². The average molecular weight is 466 g/mol. The van der Waals surface area contributed by atoms with Gasteiger partial charge in [-0.25, -0.2) is 15.0 Å². The number of hydrogen-bond acceptors (Lipinski definition) is 6. The number of para-hydroxylation sites is 1. The second-order valence-corrected chi connectivity index (χ2v) is 8.32. The molecule has 5 rings (SSSR count). The van der Waals surface area contributed by atoms with Gasteiger partial charge in [0.1, 0.15) is 29.2 Å². The van der Waals surface area contributed by atoms with E-state index in [-0.39, 0.29) is 11.1 Å². The Morgan fingerprint density at radius 1 is 1.03 bits per heavy atom. The molecule has 0 atom stereocenters. The van der Waals surface area contributed by atoms with Crippen molar-refractivity contribution < 1.29 is 4.79 Å². The molecule has 5 aromatic rings. The molecule has 0 saturated carbocycles. The first kappa shape index (κ1) is 22.0. The number of benzene rings is 1. The fourth-order valence-corrected chi connectivity index (χ4v) is 4.32. The summed E-state index contributed by atoms with van der Waals surface area (Å²) < 4.78 is 3.40. The quantitative estimate of drug-likeness (QED) is 0.418. The fourth-order valence-electron chi connectivity index (χ4n) is 4.32. The van der Waals surface area contributed by atoms with Crippen molar-refractivity contribution in [2.75, 3.05) is 11.1 Å². The van der Waals surface area contributed by atoms with Gasteiger partial charge in [-0.15, -0.1) is 0 Å². The lowest BCUT2D eigenvalue weighted by atomic mass is 10.1. The summed E-state index contributed by atoms with van der Waals surface area (Å²) in [6, 6.07) is 14.6. The highest BCUT2D eigenvalue weighted by molar-refractivity contribution is 6.05. The Bertz CT molecular complexity index is 1640. The SMILES string of the molecule is Cc1cc(C)n(-c2ccccc2)c(=O)c1C(=O)Nc1ccc(-c2cn(C)c3ncnc(N)c23)cn1. The van der Waals surface area contributed by atoms with Gasteiger partial charge in [-0.3, -0.25) is 14.2 Å². The molecule has 0 saturated heterocycles. The summed E-state index contributed by atoms with van der Waals surface area (Å²) in [5, 5.41) is 3.49. The Balaban J connectivity index is 1.47. The minimum absolute atomic E-state index is 0.0734. The molecule has 0 bridgehead atoms. The summed E-state index contributed by atoms with van der Waals surface area (Å²) in [6.07, 6.45) is 4.98. The number of nitrogens with one attached hydrogen (secondary N) is 1. The Morgan fingerprint density at radius 3 is 2.51 bits per heavy atom. The van der Waals surface area contributed by atoms with Crippen molar-refractivity contribution in [2.45, 2.75) is 13.8 Å². The smallest absolute Gasteiger partial charge is 0.268 e. The number of carbonyl (C=O) groups is 1. The van der Waals surface area contributed by atoms with Gasteiger partial charge in [0.25, 0.3) is 11.5 Å². The second-order valence-electron chi connectivity index (χ2n) is 8.32. The number of amides is 1. The molecule has 9 heteroatoms. The third-order valence-electron chi connectivity index (χ3n) is 5.93. The minimum atomic E-state index is -0.514. The number of aromatic nitrogens is 5. The van der Waals surface area contributed by atoms with Crippen molar-refractivity contribution in [1.29, 1.82) is 0 Å². The van der Waals surface area contributed by atoms with E-state index in [4.69, 9.17) is 5.73 Å². The molecule has 0 aliphatic rings. The van der Waals surface area contributed by atoms with Gasteiger partial charge in [0.05, 0.1) is 5.39 Å². The third kappa shape index (κ3) is 3.82. The van der Waals surface area contributed by atoms with Crippen LogP contribution in [0.15, 0.2) is 72.0 Å². The summed E-state index contributed by atoms with van der Waals surface area (Å²) in [5.74, 6) is 0.196. The van der Waals surface area contributed by atoms with Gasteiger partial charge in [-0.05, 0) is 49.7 Å². The van der Waals surface area contributed by atoms with E-state index >= 15 is 0 Å². The average Bonchev–Trinajstić information content (AvgIpc) is 3.17. The third-order valence-corrected chi connectivity index (χ3v) is 5.93. The molecule has 4 aromatic heterocycles. The molecule has 0 fully saturated rings. The van der Waals surface area contributed by atoms with Gasteiger partial charge >= 0.3 is 0 Å². The number of nitrogen functional groups attached to an aromatic ring is 1. The number of pyridine rings is 2. The maximum atomic E-state index is 13.3. The Kier molecular flexibility index (Phi) is 5.37. The van der Waals surface area contributed by atoms with Gasteiger partial charge in [0.2, 0.25) is 0 Å². The van der Waals surface area contributed by atoms with Crippen molar-refractivity contribution in [3.8, 4) is 16.8 Å². The number of carbonyl (C=O) groups excluding carboxylic acids is 1. The lowest BCUT2D eigenvalue weighted by Crippen LogP contribution is -2.31. The van der Waals surface area contributed by atoms with E-state index in [1.807, 2.05) is 67.2 Å². The topological polar surface area (TPSA) is 121 Å². The van der Waals surface area contributed by atoms with Gasteiger partial charge in [0, 0.05) is 41.9 Å². The van der Waals surface area contributed by atoms with Crippen molar-refractivity contribution in [3.63, 3.8) is 0 Å². The van der Waals surface area contributed by atoms with Crippen LogP contribution < -0.4 is 16.6 Å². The zero-order valence-electron chi connectivity index (χ0n) is 19.5. The van der Waals surface area contributed by atoms with E-state index in [0.29, 0.717) is 22.9 Å². The first-order chi connectivity index (χ1) is 16.8. The van der Waals surface area contributed by atoms with Crippen molar-refractivity contribution in [2.24, 2.45) is 7.05 Å². The number of anilines is 2. The summed E-state index contributed by atoms with van der Waals surface area (Å²) in [6.45, 7) is 3.59. The minimum Gasteiger partial charge on any atom is -0.383 e. The van der Waals surface area contributed by atoms with Gasteiger partial charge in [-0.2, -0.15) is 0 Å². The molecule has 0 aliphatic heterocycles. The van der Waals surface area contributed by atoms with Crippen molar-refractivity contribution in [1.82, 2.24) is 24.1 Å².